The molecule has 3 aromatic rings. The second-order valence-corrected chi connectivity index (χ2v) is 13.8. The van der Waals surface area contributed by atoms with Gasteiger partial charge in [0.1, 0.15) is 17.2 Å². The van der Waals surface area contributed by atoms with Crippen LogP contribution in [0.4, 0.5) is 4.39 Å². The predicted octanol–water partition coefficient (Wildman–Crippen LogP) is 6.93. The van der Waals surface area contributed by atoms with Crippen molar-refractivity contribution in [1.29, 1.82) is 0 Å². The Bertz CT molecular complexity index is 1470. The van der Waals surface area contributed by atoms with Gasteiger partial charge in [-0.1, -0.05) is 82.9 Å². The Morgan fingerprint density at radius 2 is 1.89 bits per heavy atom. The Balaban J connectivity index is 1.46. The van der Waals surface area contributed by atoms with Gasteiger partial charge in [-0.15, -0.1) is 10.2 Å². The average Bonchev–Trinajstić information content (AvgIpc) is 3.64. The van der Waals surface area contributed by atoms with Crippen molar-refractivity contribution < 1.29 is 14.0 Å². The van der Waals surface area contributed by atoms with E-state index in [1.165, 1.54) is 37.8 Å². The molecule has 2 aromatic carbocycles. The lowest BCUT2D eigenvalue weighted by molar-refractivity contribution is -0.133. The number of benzene rings is 2. The quantitative estimate of drug-likeness (QED) is 0.214. The molecule has 240 valence electrons. The molecule has 1 saturated carbocycles. The van der Waals surface area contributed by atoms with Crippen LogP contribution in [0.15, 0.2) is 53.5 Å². The highest BCUT2D eigenvalue weighted by molar-refractivity contribution is 6.46. The molecule has 1 aliphatic heterocycles. The number of unbranched alkanes of at least 4 members (excludes halogenated alkanes) is 2. The monoisotopic (exact) mass is 615 g/mol. The number of nitrogens with one attached hydrogen (secondary N) is 2. The van der Waals surface area contributed by atoms with Gasteiger partial charge in [0.05, 0.1) is 12.6 Å². The fourth-order valence-electron chi connectivity index (χ4n) is 6.72. The van der Waals surface area contributed by atoms with Crippen LogP contribution in [-0.4, -0.2) is 48.7 Å². The number of carbonyl (C=O) groups excluding carboxylic acids is 2. The third-order valence-corrected chi connectivity index (χ3v) is 9.24. The number of aliphatic imine (C=N–C) groups is 1. The second kappa shape index (κ2) is 14.0. The lowest BCUT2D eigenvalue weighted by atomic mass is 9.77. The SMILES string of the molecule is CCCCCC1CCC2(CC1)N=C(c1cccc(F)c1)C(=O)N2[C@H](CCC(C)(C)C)c1ccc(C(=O)NCc2nn[nH]n2)cc1. The first-order valence-electron chi connectivity index (χ1n) is 16.4. The molecule has 1 fully saturated rings. The normalized spacial score (nSPS) is 20.8. The third-order valence-electron chi connectivity index (χ3n) is 9.24. The Hall–Kier alpha value is -3.95. The zero-order valence-corrected chi connectivity index (χ0v) is 27.0. The molecule has 10 heteroatoms. The van der Waals surface area contributed by atoms with Gasteiger partial charge in [0.15, 0.2) is 5.82 Å². The van der Waals surface area contributed by atoms with Crippen molar-refractivity contribution in [3.63, 3.8) is 0 Å². The minimum absolute atomic E-state index is 0.0480. The molecule has 2 N–H and O–H groups in total. The fraction of sp³-hybridized carbons (Fsp3) is 0.543. The van der Waals surface area contributed by atoms with Crippen molar-refractivity contribution in [2.75, 3.05) is 0 Å². The molecular formula is C35H46FN7O2. The molecule has 2 amide bonds. The molecular weight excluding hydrogens is 569 g/mol. The molecule has 0 bridgehead atoms. The standard InChI is InChI=1S/C35H46FN7O2/c1-5-6-7-9-24-16-20-35(21-17-24)38-31(27-10-8-11-28(36)22-27)33(45)43(35)29(18-19-34(2,3)4)25-12-14-26(15-13-25)32(44)37-23-30-39-41-42-40-30/h8,10-15,22,24,29H,5-7,9,16-21,23H2,1-4H3,(H,37,44)(H,39,40,41,42)/t24?,29-,35?/m1/s1. The van der Waals surface area contributed by atoms with Crippen LogP contribution in [0.1, 0.15) is 125 Å². The molecule has 0 saturated heterocycles. The summed E-state index contributed by atoms with van der Waals surface area (Å²) in [6, 6.07) is 13.5. The zero-order valence-electron chi connectivity index (χ0n) is 27.0. The minimum Gasteiger partial charge on any atom is -0.345 e. The number of halogens is 1. The summed E-state index contributed by atoms with van der Waals surface area (Å²) < 4.78 is 14.4. The molecule has 0 radical (unpaired) electrons. The molecule has 1 atom stereocenters. The lowest BCUT2D eigenvalue weighted by Gasteiger charge is -2.46. The fourth-order valence-corrected chi connectivity index (χ4v) is 6.72. The van der Waals surface area contributed by atoms with E-state index in [0.717, 1.165) is 44.1 Å². The maximum absolute atomic E-state index is 14.5. The maximum atomic E-state index is 14.5. The average molecular weight is 616 g/mol. The van der Waals surface area contributed by atoms with Gasteiger partial charge < -0.3 is 10.2 Å². The van der Waals surface area contributed by atoms with Crippen LogP contribution in [0, 0.1) is 17.2 Å². The van der Waals surface area contributed by atoms with Gasteiger partial charge >= 0.3 is 0 Å². The summed E-state index contributed by atoms with van der Waals surface area (Å²) in [6.07, 6.45) is 10.1. The summed E-state index contributed by atoms with van der Waals surface area (Å²) in [5, 5.41) is 16.5. The van der Waals surface area contributed by atoms with E-state index in [2.05, 4.69) is 53.6 Å². The molecule has 1 spiro atoms. The molecule has 45 heavy (non-hydrogen) atoms. The second-order valence-electron chi connectivity index (χ2n) is 13.8. The van der Waals surface area contributed by atoms with Crippen LogP contribution < -0.4 is 5.32 Å². The van der Waals surface area contributed by atoms with Gasteiger partial charge in [0.2, 0.25) is 0 Å². The smallest absolute Gasteiger partial charge is 0.275 e. The number of carbonyl (C=O) groups is 2. The van der Waals surface area contributed by atoms with Crippen LogP contribution in [0.3, 0.4) is 0 Å². The first-order valence-corrected chi connectivity index (χ1v) is 16.4. The minimum atomic E-state index is -0.677. The van der Waals surface area contributed by atoms with E-state index in [4.69, 9.17) is 4.99 Å². The summed E-state index contributed by atoms with van der Waals surface area (Å²) in [6.45, 7) is 9.01. The summed E-state index contributed by atoms with van der Waals surface area (Å²) in [4.78, 5) is 34.6. The number of aromatic nitrogens is 4. The first-order chi connectivity index (χ1) is 21.6. The predicted molar refractivity (Wildman–Crippen MR) is 172 cm³/mol. The number of aromatic amines is 1. The summed E-state index contributed by atoms with van der Waals surface area (Å²) in [7, 11) is 0. The number of tetrazole rings is 1. The van der Waals surface area contributed by atoms with Crippen LogP contribution in [0.5, 0.6) is 0 Å². The number of rotatable bonds is 12. The third kappa shape index (κ3) is 7.83. The van der Waals surface area contributed by atoms with Crippen molar-refractivity contribution in [3.8, 4) is 0 Å². The van der Waals surface area contributed by atoms with E-state index in [0.29, 0.717) is 28.6 Å². The van der Waals surface area contributed by atoms with Gasteiger partial charge in [-0.3, -0.25) is 14.6 Å². The summed E-state index contributed by atoms with van der Waals surface area (Å²) in [5.41, 5.74) is 1.70. The molecule has 9 nitrogen and oxygen atoms in total. The largest absolute Gasteiger partial charge is 0.345 e. The zero-order chi connectivity index (χ0) is 32.0. The Morgan fingerprint density at radius 1 is 1.13 bits per heavy atom. The maximum Gasteiger partial charge on any atom is 0.275 e. The topological polar surface area (TPSA) is 116 Å². The highest BCUT2D eigenvalue weighted by Crippen LogP contribution is 2.48. The van der Waals surface area contributed by atoms with E-state index >= 15 is 0 Å². The van der Waals surface area contributed by atoms with Gasteiger partial charge in [-0.05, 0) is 79.7 Å². The molecule has 1 aliphatic carbocycles. The molecule has 2 aliphatic rings. The van der Waals surface area contributed by atoms with E-state index in [1.807, 2.05) is 17.0 Å². The van der Waals surface area contributed by atoms with Crippen molar-refractivity contribution >= 4 is 17.5 Å². The van der Waals surface area contributed by atoms with E-state index in [-0.39, 0.29) is 35.6 Å². The van der Waals surface area contributed by atoms with Crippen LogP contribution >= 0.6 is 0 Å². The van der Waals surface area contributed by atoms with Crippen LogP contribution in [0.2, 0.25) is 0 Å². The van der Waals surface area contributed by atoms with Crippen molar-refractivity contribution in [1.82, 2.24) is 30.8 Å². The van der Waals surface area contributed by atoms with Crippen molar-refractivity contribution in [2.45, 2.75) is 110 Å². The van der Waals surface area contributed by atoms with Gasteiger partial charge in [-0.25, -0.2) is 4.39 Å². The van der Waals surface area contributed by atoms with Gasteiger partial charge in [-0.2, -0.15) is 5.21 Å². The Morgan fingerprint density at radius 3 is 2.53 bits per heavy atom. The Labute approximate surface area is 265 Å². The van der Waals surface area contributed by atoms with E-state index in [1.54, 1.807) is 24.3 Å². The number of hydrogen-bond acceptors (Lipinski definition) is 6. The van der Waals surface area contributed by atoms with Gasteiger partial charge in [0, 0.05) is 11.1 Å². The lowest BCUT2D eigenvalue weighted by Crippen LogP contribution is -2.51. The Kier molecular flexibility index (Phi) is 10.1. The van der Waals surface area contributed by atoms with E-state index in [9.17, 15) is 14.0 Å². The number of nitrogens with zero attached hydrogens (tertiary/aromatic N) is 5. The number of hydrogen-bond donors (Lipinski definition) is 2. The highest BCUT2D eigenvalue weighted by Gasteiger charge is 2.51. The molecule has 5 rings (SSSR count). The summed E-state index contributed by atoms with van der Waals surface area (Å²) >= 11 is 0. The molecule has 0 unspecified atom stereocenters. The van der Waals surface area contributed by atoms with Crippen LogP contribution in [-0.2, 0) is 11.3 Å². The summed E-state index contributed by atoms with van der Waals surface area (Å²) in [5.74, 6) is 0.253. The van der Waals surface area contributed by atoms with Crippen molar-refractivity contribution in [3.05, 3.63) is 76.9 Å². The number of H-pyrrole nitrogens is 1. The van der Waals surface area contributed by atoms with E-state index < -0.39 is 5.66 Å². The van der Waals surface area contributed by atoms with Crippen molar-refractivity contribution in [2.24, 2.45) is 16.3 Å². The van der Waals surface area contributed by atoms with Gasteiger partial charge in [0.25, 0.3) is 11.8 Å². The number of amides is 2. The van der Waals surface area contributed by atoms with Crippen LogP contribution in [0.25, 0.3) is 0 Å². The molecule has 1 aromatic heterocycles. The highest BCUT2D eigenvalue weighted by atomic mass is 19.1. The first kappa shape index (κ1) is 32.4. The molecule has 2 heterocycles.